The molecule has 0 aromatic heterocycles. The number of amides is 1. The highest BCUT2D eigenvalue weighted by Crippen LogP contribution is 2.23. The van der Waals surface area contributed by atoms with E-state index >= 15 is 0 Å². The van der Waals surface area contributed by atoms with Gasteiger partial charge < -0.3 is 18.7 Å². The molecule has 1 amide bonds. The van der Waals surface area contributed by atoms with Crippen LogP contribution in [0.3, 0.4) is 0 Å². The molecular weight excluding hydrogens is 380 g/mol. The number of aryl methyl sites for hydroxylation is 1. The first-order valence-corrected chi connectivity index (χ1v) is 11.2. The van der Waals surface area contributed by atoms with Crippen LogP contribution in [0.1, 0.15) is 24.8 Å². The summed E-state index contributed by atoms with van der Waals surface area (Å²) in [7, 11) is 0.286. The largest absolute Gasteiger partial charge is 0.744 e. The molecule has 0 unspecified atom stereocenters. The Hall–Kier alpha value is -1.48. The zero-order valence-electron chi connectivity index (χ0n) is 17.1. The van der Waals surface area contributed by atoms with E-state index in [9.17, 15) is 17.8 Å². The third-order valence-electron chi connectivity index (χ3n) is 5.42. The summed E-state index contributed by atoms with van der Waals surface area (Å²) in [6.07, 6.45) is 3.14. The van der Waals surface area contributed by atoms with E-state index < -0.39 is 10.1 Å². The summed E-state index contributed by atoms with van der Waals surface area (Å²) in [4.78, 5) is 13.9. The van der Waals surface area contributed by atoms with Crippen molar-refractivity contribution >= 4 is 16.0 Å². The van der Waals surface area contributed by atoms with Crippen molar-refractivity contribution in [3.05, 3.63) is 29.8 Å². The normalized spacial score (nSPS) is 20.2. The number of hydrogen-bond donors (Lipinski definition) is 0. The van der Waals surface area contributed by atoms with Crippen molar-refractivity contribution in [2.24, 2.45) is 5.92 Å². The second kappa shape index (κ2) is 9.82. The Morgan fingerprint density at radius 3 is 2.18 bits per heavy atom. The molecule has 0 saturated carbocycles. The summed E-state index contributed by atoms with van der Waals surface area (Å²) < 4.78 is 37.5. The van der Waals surface area contributed by atoms with Crippen LogP contribution in [0, 0.1) is 12.8 Å². The van der Waals surface area contributed by atoms with Crippen molar-refractivity contribution in [1.29, 1.82) is 0 Å². The van der Waals surface area contributed by atoms with E-state index in [-0.39, 0.29) is 4.90 Å². The molecule has 0 bridgehead atoms. The van der Waals surface area contributed by atoms with Gasteiger partial charge in [0.15, 0.2) is 0 Å². The molecule has 158 valence electrons. The molecule has 28 heavy (non-hydrogen) atoms. The van der Waals surface area contributed by atoms with Crippen LogP contribution >= 0.6 is 0 Å². The smallest absolute Gasteiger partial charge is 0.223 e. The van der Waals surface area contributed by atoms with Gasteiger partial charge in [-0.2, -0.15) is 0 Å². The number of quaternary nitrogens is 1. The summed E-state index contributed by atoms with van der Waals surface area (Å²) >= 11 is 0. The van der Waals surface area contributed by atoms with Crippen LogP contribution in [0.5, 0.6) is 0 Å². The van der Waals surface area contributed by atoms with Crippen LogP contribution in [-0.2, 0) is 19.6 Å². The molecular formula is C20H32N2O5S. The average molecular weight is 413 g/mol. The number of piperidine rings is 1. The molecule has 1 aromatic rings. The van der Waals surface area contributed by atoms with Gasteiger partial charge in [-0.1, -0.05) is 17.7 Å². The highest BCUT2D eigenvalue weighted by atomic mass is 32.2. The van der Waals surface area contributed by atoms with Gasteiger partial charge in [0, 0.05) is 32.4 Å². The molecule has 2 saturated heterocycles. The topological polar surface area (TPSA) is 86.7 Å². The van der Waals surface area contributed by atoms with Crippen molar-refractivity contribution in [3.63, 3.8) is 0 Å². The molecule has 0 radical (unpaired) electrons. The van der Waals surface area contributed by atoms with Gasteiger partial charge >= 0.3 is 0 Å². The van der Waals surface area contributed by atoms with E-state index in [1.807, 2.05) is 11.8 Å². The Morgan fingerprint density at radius 2 is 1.68 bits per heavy atom. The standard InChI is InChI=1S/C13H25N2O2.C7H8O3S/c1-15(2)7-3-12(4-8-15)11-13(16)14-5-9-17-10-6-14;1-6-2-4-7(5-3-6)11(8,9)10/h12H,3-11H2,1-2H3;2-5H,1H3,(H,8,9,10)/q+1;/p-1. The first kappa shape index (κ1) is 22.8. The second-order valence-corrected chi connectivity index (χ2v) is 9.67. The van der Waals surface area contributed by atoms with E-state index in [1.165, 1.54) is 38.1 Å². The van der Waals surface area contributed by atoms with E-state index in [2.05, 4.69) is 14.1 Å². The van der Waals surface area contributed by atoms with Crippen molar-refractivity contribution < 1.29 is 27.0 Å². The van der Waals surface area contributed by atoms with Gasteiger partial charge in [-0.15, -0.1) is 0 Å². The quantitative estimate of drug-likeness (QED) is 0.556. The van der Waals surface area contributed by atoms with Crippen LogP contribution in [-0.4, -0.2) is 81.7 Å². The van der Waals surface area contributed by atoms with E-state index in [0.717, 1.165) is 29.6 Å². The number of rotatable bonds is 3. The number of carbonyl (C=O) groups is 1. The van der Waals surface area contributed by atoms with Gasteiger partial charge in [0.25, 0.3) is 0 Å². The van der Waals surface area contributed by atoms with Crippen molar-refractivity contribution in [3.8, 4) is 0 Å². The Bertz CT molecular complexity index is 730. The number of hydrogen-bond acceptors (Lipinski definition) is 5. The minimum absolute atomic E-state index is 0.178. The van der Waals surface area contributed by atoms with E-state index in [4.69, 9.17) is 4.74 Å². The maximum atomic E-state index is 12.1. The maximum absolute atomic E-state index is 12.1. The van der Waals surface area contributed by atoms with E-state index in [0.29, 0.717) is 25.0 Å². The molecule has 2 aliphatic rings. The highest BCUT2D eigenvalue weighted by Gasteiger charge is 2.29. The van der Waals surface area contributed by atoms with Crippen molar-refractivity contribution in [2.45, 2.75) is 31.1 Å². The maximum Gasteiger partial charge on any atom is 0.223 e. The fourth-order valence-corrected chi connectivity index (χ4v) is 3.89. The average Bonchev–Trinajstić information content (AvgIpc) is 2.64. The second-order valence-electron chi connectivity index (χ2n) is 8.29. The lowest BCUT2D eigenvalue weighted by molar-refractivity contribution is -0.896. The molecule has 0 spiro atoms. The summed E-state index contributed by atoms with van der Waals surface area (Å²) in [5.41, 5.74) is 0.928. The first-order valence-electron chi connectivity index (χ1n) is 9.77. The van der Waals surface area contributed by atoms with Gasteiger partial charge in [0.05, 0.1) is 45.3 Å². The lowest BCUT2D eigenvalue weighted by Gasteiger charge is -2.37. The molecule has 2 fully saturated rings. The number of nitrogens with zero attached hydrogens (tertiary/aromatic N) is 2. The SMILES string of the molecule is C[N+]1(C)CCC(CC(=O)N2CCOCC2)CC1.Cc1ccc(S(=O)(=O)[O-])cc1. The zero-order chi connectivity index (χ0) is 20.8. The van der Waals surface area contributed by atoms with Crippen molar-refractivity contribution in [2.75, 3.05) is 53.5 Å². The summed E-state index contributed by atoms with van der Waals surface area (Å²) in [5, 5.41) is 0. The number of carbonyl (C=O) groups excluding carboxylic acids is 1. The number of ether oxygens (including phenoxy) is 1. The highest BCUT2D eigenvalue weighted by molar-refractivity contribution is 7.85. The van der Waals surface area contributed by atoms with Crippen molar-refractivity contribution in [1.82, 2.24) is 4.90 Å². The van der Waals surface area contributed by atoms with E-state index in [1.54, 1.807) is 12.1 Å². The third kappa shape index (κ3) is 7.50. The fraction of sp³-hybridized carbons (Fsp3) is 0.650. The molecule has 2 heterocycles. The number of morpholine rings is 1. The Balaban J connectivity index is 0.000000221. The molecule has 3 rings (SSSR count). The van der Waals surface area contributed by atoms with Crippen LogP contribution in [0.4, 0.5) is 0 Å². The van der Waals surface area contributed by atoms with Crippen LogP contribution in [0.25, 0.3) is 0 Å². The van der Waals surface area contributed by atoms with Gasteiger partial charge in [-0.3, -0.25) is 4.79 Å². The van der Waals surface area contributed by atoms with Gasteiger partial charge in [0.2, 0.25) is 5.91 Å². The Kier molecular flexibility index (Phi) is 8.00. The minimum Gasteiger partial charge on any atom is -0.744 e. The molecule has 1 aromatic carbocycles. The van der Waals surface area contributed by atoms with Gasteiger partial charge in [0.1, 0.15) is 10.1 Å². The summed E-state index contributed by atoms with van der Waals surface area (Å²) in [5.74, 6) is 0.946. The predicted octanol–water partition coefficient (Wildman–Crippen LogP) is 1.62. The Labute approximate surface area is 168 Å². The molecule has 2 aliphatic heterocycles. The zero-order valence-corrected chi connectivity index (χ0v) is 17.9. The molecule has 0 aliphatic carbocycles. The van der Waals surface area contributed by atoms with Crippen LogP contribution in [0.2, 0.25) is 0 Å². The van der Waals surface area contributed by atoms with Gasteiger partial charge in [-0.25, -0.2) is 8.42 Å². The van der Waals surface area contributed by atoms with Crippen LogP contribution < -0.4 is 0 Å². The minimum atomic E-state index is -4.27. The van der Waals surface area contributed by atoms with Gasteiger partial charge in [-0.05, 0) is 25.0 Å². The molecule has 0 atom stereocenters. The third-order valence-corrected chi connectivity index (χ3v) is 6.27. The number of benzene rings is 1. The molecule has 7 nitrogen and oxygen atoms in total. The monoisotopic (exact) mass is 412 g/mol. The fourth-order valence-electron chi connectivity index (χ4n) is 3.42. The lowest BCUT2D eigenvalue weighted by Crippen LogP contribution is -2.47. The first-order chi connectivity index (χ1) is 13.1. The van der Waals surface area contributed by atoms with Crippen LogP contribution in [0.15, 0.2) is 29.2 Å². The Morgan fingerprint density at radius 1 is 1.14 bits per heavy atom. The summed E-state index contributed by atoms with van der Waals surface area (Å²) in [6, 6.07) is 5.78. The molecule has 8 heteroatoms. The number of likely N-dealkylation sites (tertiary alicyclic amines) is 1. The molecule has 0 N–H and O–H groups in total. The summed E-state index contributed by atoms with van der Waals surface area (Å²) in [6.45, 7) is 7.23. The predicted molar refractivity (Wildman–Crippen MR) is 106 cm³/mol. The lowest BCUT2D eigenvalue weighted by atomic mass is 9.92.